The summed E-state index contributed by atoms with van der Waals surface area (Å²) >= 11 is 0. The number of aromatic nitrogens is 2. The van der Waals surface area contributed by atoms with Crippen molar-refractivity contribution < 1.29 is 9.15 Å². The van der Waals surface area contributed by atoms with E-state index in [0.717, 1.165) is 61.5 Å². The molecule has 0 atom stereocenters. The minimum absolute atomic E-state index is 0.862. The molecule has 0 amide bonds. The molecular weight excluding hydrogens is 637 g/mol. The molecule has 8 aromatic carbocycles. The maximum atomic E-state index is 6.57. The molecule has 1 aliphatic heterocycles. The van der Waals surface area contributed by atoms with Crippen molar-refractivity contribution in [2.24, 2.45) is 0 Å². The second-order valence-corrected chi connectivity index (χ2v) is 13.7. The van der Waals surface area contributed by atoms with Crippen LogP contribution in [-0.2, 0) is 0 Å². The van der Waals surface area contributed by atoms with E-state index < -0.39 is 0 Å². The fourth-order valence-electron chi connectivity index (χ4n) is 8.54. The molecule has 4 heteroatoms. The number of hydrogen-bond donors (Lipinski definition) is 0. The zero-order valence-corrected chi connectivity index (χ0v) is 27.9. The van der Waals surface area contributed by atoms with Gasteiger partial charge in [0.25, 0.3) is 0 Å². The molecule has 4 heterocycles. The molecule has 0 N–H and O–H groups in total. The van der Waals surface area contributed by atoms with E-state index in [1.54, 1.807) is 0 Å². The molecule has 0 saturated carbocycles. The van der Waals surface area contributed by atoms with Crippen molar-refractivity contribution in [1.82, 2.24) is 9.13 Å². The van der Waals surface area contributed by atoms with Crippen molar-refractivity contribution in [1.29, 1.82) is 0 Å². The zero-order valence-electron chi connectivity index (χ0n) is 27.9. The minimum Gasteiger partial charge on any atom is -0.456 e. The van der Waals surface area contributed by atoms with Crippen molar-refractivity contribution in [3.8, 4) is 45.1 Å². The van der Waals surface area contributed by atoms with Gasteiger partial charge in [-0.1, -0.05) is 97.1 Å². The molecule has 0 spiro atoms. The molecule has 0 fully saturated rings. The summed E-state index contributed by atoms with van der Waals surface area (Å²) in [4.78, 5) is 0. The fourth-order valence-corrected chi connectivity index (χ4v) is 8.54. The minimum atomic E-state index is 0.862. The normalized spacial score (nSPS) is 12.4. The standard InChI is InChI=1S/C48H28N2O2/c1-5-13-41-34(8-1)37-11-7-15-46-48(37)50(41)43-24-19-32(28-47(43)52-46)29-16-21-33(22-17-29)49-40-12-4-2-9-35(40)38-26-30(18-23-42(38)49)31-20-25-45-39(27-31)36-10-3-6-14-44(36)51-45/h1-28H. The molecule has 0 bridgehead atoms. The smallest absolute Gasteiger partial charge is 0.152 e. The quantitative estimate of drug-likeness (QED) is 0.188. The predicted octanol–water partition coefficient (Wildman–Crippen LogP) is 13.2. The molecule has 3 aromatic heterocycles. The van der Waals surface area contributed by atoms with Crippen LogP contribution in [0.15, 0.2) is 174 Å². The van der Waals surface area contributed by atoms with E-state index in [1.165, 1.54) is 49.2 Å². The van der Waals surface area contributed by atoms with Gasteiger partial charge >= 0.3 is 0 Å². The Kier molecular flexibility index (Phi) is 5.47. The number of furan rings is 1. The largest absolute Gasteiger partial charge is 0.456 e. The summed E-state index contributed by atoms with van der Waals surface area (Å²) in [7, 11) is 0. The van der Waals surface area contributed by atoms with Crippen LogP contribution in [0, 0.1) is 0 Å². The van der Waals surface area contributed by atoms with Gasteiger partial charge in [0.15, 0.2) is 11.5 Å². The summed E-state index contributed by atoms with van der Waals surface area (Å²) in [6, 6.07) is 60.7. The fraction of sp³-hybridized carbons (Fsp3) is 0. The molecule has 0 radical (unpaired) electrons. The van der Waals surface area contributed by atoms with Crippen LogP contribution in [-0.4, -0.2) is 9.13 Å². The van der Waals surface area contributed by atoms with Crippen molar-refractivity contribution in [2.75, 3.05) is 0 Å². The second-order valence-electron chi connectivity index (χ2n) is 13.7. The first-order valence-electron chi connectivity index (χ1n) is 17.7. The molecule has 0 unspecified atom stereocenters. The molecule has 4 nitrogen and oxygen atoms in total. The van der Waals surface area contributed by atoms with E-state index in [2.05, 4.69) is 167 Å². The highest BCUT2D eigenvalue weighted by Crippen LogP contribution is 2.46. The predicted molar refractivity (Wildman–Crippen MR) is 213 cm³/mol. The van der Waals surface area contributed by atoms with Crippen molar-refractivity contribution in [3.63, 3.8) is 0 Å². The number of hydrogen-bond acceptors (Lipinski definition) is 2. The van der Waals surface area contributed by atoms with Crippen LogP contribution in [0.3, 0.4) is 0 Å². The van der Waals surface area contributed by atoms with Crippen LogP contribution in [0.4, 0.5) is 0 Å². The molecule has 0 saturated heterocycles. The molecule has 52 heavy (non-hydrogen) atoms. The van der Waals surface area contributed by atoms with Gasteiger partial charge in [0.1, 0.15) is 11.2 Å². The number of benzene rings is 8. The zero-order chi connectivity index (χ0) is 33.9. The van der Waals surface area contributed by atoms with E-state index in [-0.39, 0.29) is 0 Å². The summed E-state index contributed by atoms with van der Waals surface area (Å²) in [5.74, 6) is 1.75. The van der Waals surface area contributed by atoms with Crippen molar-refractivity contribution in [2.45, 2.75) is 0 Å². The topological polar surface area (TPSA) is 32.2 Å². The van der Waals surface area contributed by atoms with Crippen molar-refractivity contribution in [3.05, 3.63) is 170 Å². The number of para-hydroxylation sites is 4. The van der Waals surface area contributed by atoms with Gasteiger partial charge in [-0.05, 0) is 95.1 Å². The maximum Gasteiger partial charge on any atom is 0.152 e. The van der Waals surface area contributed by atoms with Gasteiger partial charge < -0.3 is 18.3 Å². The lowest BCUT2D eigenvalue weighted by molar-refractivity contribution is 0.476. The average molecular weight is 665 g/mol. The lowest BCUT2D eigenvalue weighted by Crippen LogP contribution is -2.04. The van der Waals surface area contributed by atoms with Gasteiger partial charge in [0.2, 0.25) is 0 Å². The molecule has 1 aliphatic rings. The summed E-state index contributed by atoms with van der Waals surface area (Å²) < 4.78 is 17.4. The van der Waals surface area contributed by atoms with Gasteiger partial charge in [-0.2, -0.15) is 0 Å². The van der Waals surface area contributed by atoms with E-state index >= 15 is 0 Å². The summed E-state index contributed by atoms with van der Waals surface area (Å²) in [5, 5.41) is 7.20. The third kappa shape index (κ3) is 3.81. The molecular formula is C48H28N2O2. The number of rotatable bonds is 3. The van der Waals surface area contributed by atoms with Crippen LogP contribution < -0.4 is 4.74 Å². The SMILES string of the molecule is c1ccc2c(c1)oc1ccc(-c3ccc4c(c3)c3ccccc3n4-c3ccc(-c4ccc5c(c4)Oc4cccc6c7ccccc7n-5c46)cc3)cc12. The van der Waals surface area contributed by atoms with Gasteiger partial charge in [-0.15, -0.1) is 0 Å². The van der Waals surface area contributed by atoms with Gasteiger partial charge in [-0.25, -0.2) is 0 Å². The third-order valence-corrected chi connectivity index (χ3v) is 10.9. The Balaban J connectivity index is 0.942. The Morgan fingerprint density at radius 1 is 0.346 bits per heavy atom. The Morgan fingerprint density at radius 2 is 0.942 bits per heavy atom. The van der Waals surface area contributed by atoms with E-state index in [1.807, 2.05) is 12.1 Å². The Labute approximate surface area is 297 Å². The van der Waals surface area contributed by atoms with E-state index in [9.17, 15) is 0 Å². The molecule has 12 rings (SSSR count). The van der Waals surface area contributed by atoms with E-state index in [0.29, 0.717) is 0 Å². The van der Waals surface area contributed by atoms with Crippen molar-refractivity contribution >= 4 is 65.6 Å². The third-order valence-electron chi connectivity index (χ3n) is 10.9. The molecule has 0 aliphatic carbocycles. The average Bonchev–Trinajstić information content (AvgIpc) is 3.86. The van der Waals surface area contributed by atoms with Crippen LogP contribution >= 0.6 is 0 Å². The Bertz CT molecular complexity index is 3270. The lowest BCUT2D eigenvalue weighted by atomic mass is 10.0. The first-order valence-corrected chi connectivity index (χ1v) is 17.7. The first-order chi connectivity index (χ1) is 25.8. The van der Waals surface area contributed by atoms with Crippen LogP contribution in [0.5, 0.6) is 11.5 Å². The number of ether oxygens (including phenoxy) is 1. The number of fused-ring (bicyclic) bond motifs is 11. The molecule has 242 valence electrons. The van der Waals surface area contributed by atoms with Gasteiger partial charge in [-0.3, -0.25) is 0 Å². The maximum absolute atomic E-state index is 6.57. The lowest BCUT2D eigenvalue weighted by Gasteiger charge is -2.21. The Morgan fingerprint density at radius 3 is 1.79 bits per heavy atom. The number of nitrogens with zero attached hydrogens (tertiary/aromatic N) is 2. The second kappa shape index (κ2) is 10.3. The summed E-state index contributed by atoms with van der Waals surface area (Å²) in [5.41, 5.74) is 13.3. The first kappa shape index (κ1) is 27.7. The van der Waals surface area contributed by atoms with Gasteiger partial charge in [0.05, 0.1) is 27.8 Å². The highest BCUT2D eigenvalue weighted by molar-refractivity contribution is 6.13. The van der Waals surface area contributed by atoms with Crippen LogP contribution in [0.1, 0.15) is 0 Å². The van der Waals surface area contributed by atoms with Gasteiger partial charge in [0, 0.05) is 38.0 Å². The summed E-state index contributed by atoms with van der Waals surface area (Å²) in [6.45, 7) is 0. The summed E-state index contributed by atoms with van der Waals surface area (Å²) in [6.07, 6.45) is 0. The monoisotopic (exact) mass is 664 g/mol. The molecule has 11 aromatic rings. The van der Waals surface area contributed by atoms with Crippen LogP contribution in [0.2, 0.25) is 0 Å². The highest BCUT2D eigenvalue weighted by Gasteiger charge is 2.24. The van der Waals surface area contributed by atoms with Crippen LogP contribution in [0.25, 0.3) is 99.2 Å². The Hall–Kier alpha value is -7.04. The van der Waals surface area contributed by atoms with E-state index in [4.69, 9.17) is 9.15 Å². The highest BCUT2D eigenvalue weighted by atomic mass is 16.5.